The van der Waals surface area contributed by atoms with E-state index in [1.54, 1.807) is 0 Å². The second kappa shape index (κ2) is 15.3. The number of aryl methyl sites for hydroxylation is 1. The molecule has 0 amide bonds. The lowest BCUT2D eigenvalue weighted by Crippen LogP contribution is -2.48. The number of benzene rings is 3. The molecule has 0 radical (unpaired) electrons. The highest BCUT2D eigenvalue weighted by Crippen LogP contribution is 2.34. The number of nitrogens with zero attached hydrogens (tertiary/aromatic N) is 3. The van der Waals surface area contributed by atoms with Crippen LogP contribution in [0.2, 0.25) is 0 Å². The third-order valence-electron chi connectivity index (χ3n) is 8.81. The molecule has 0 bridgehead atoms. The molecule has 0 spiro atoms. The van der Waals surface area contributed by atoms with E-state index >= 15 is 0 Å². The zero-order valence-corrected chi connectivity index (χ0v) is 30.0. The van der Waals surface area contributed by atoms with E-state index in [-0.39, 0.29) is 60.1 Å². The first-order valence-electron chi connectivity index (χ1n) is 15.2. The number of rotatable bonds is 6. The van der Waals surface area contributed by atoms with Gasteiger partial charge in [0.15, 0.2) is 0 Å². The summed E-state index contributed by atoms with van der Waals surface area (Å²) in [6.07, 6.45) is 0. The first kappa shape index (κ1) is 37.8. The standard InChI is InChI=1S/C37H48N4.3ClH/c1-26-33(39-35(38-26)30-12-10-9-11-13-30)27(2)40-22-24-41(25-23-40)34(28-14-18-31(19-15-28)36(3,4)5)29-16-20-32(21-17-29)37(6,7)8;;;/h9-21,27,34H,22-25H2,1-8H3,(H,38,39);3*1H. The summed E-state index contributed by atoms with van der Waals surface area (Å²) in [5.41, 5.74) is 9.26. The lowest BCUT2D eigenvalue weighted by Gasteiger charge is -2.42. The Kier molecular flexibility index (Phi) is 13.2. The molecule has 5 rings (SSSR count). The first-order valence-corrected chi connectivity index (χ1v) is 15.2. The monoisotopic (exact) mass is 656 g/mol. The zero-order valence-electron chi connectivity index (χ0n) is 27.6. The quantitative estimate of drug-likeness (QED) is 0.224. The van der Waals surface area contributed by atoms with Crippen LogP contribution < -0.4 is 0 Å². The highest BCUT2D eigenvalue weighted by Gasteiger charge is 2.30. The molecule has 1 aliphatic rings. The van der Waals surface area contributed by atoms with Crippen molar-refractivity contribution in [2.45, 2.75) is 78.3 Å². The molecular formula is C37H51Cl3N4. The normalized spacial score (nSPS) is 15.2. The second-order valence-corrected chi connectivity index (χ2v) is 13.9. The van der Waals surface area contributed by atoms with E-state index in [4.69, 9.17) is 4.98 Å². The fourth-order valence-electron chi connectivity index (χ4n) is 6.11. The Morgan fingerprint density at radius 3 is 1.50 bits per heavy atom. The van der Waals surface area contributed by atoms with Gasteiger partial charge in [0.2, 0.25) is 0 Å². The van der Waals surface area contributed by atoms with Crippen molar-refractivity contribution in [3.05, 3.63) is 113 Å². The van der Waals surface area contributed by atoms with Crippen LogP contribution >= 0.6 is 37.2 Å². The number of halogens is 3. The van der Waals surface area contributed by atoms with Gasteiger partial charge in [-0.05, 0) is 46.9 Å². The van der Waals surface area contributed by atoms with Crippen molar-refractivity contribution in [1.29, 1.82) is 0 Å². The molecule has 1 N–H and O–H groups in total. The van der Waals surface area contributed by atoms with E-state index in [1.807, 2.05) is 6.07 Å². The number of hydrogen-bond donors (Lipinski definition) is 1. The summed E-state index contributed by atoms with van der Waals surface area (Å²) >= 11 is 0. The minimum Gasteiger partial charge on any atom is -0.342 e. The van der Waals surface area contributed by atoms with Crippen LogP contribution in [0.1, 0.15) is 94.2 Å². The lowest BCUT2D eigenvalue weighted by molar-refractivity contribution is 0.0826. The largest absolute Gasteiger partial charge is 0.342 e. The van der Waals surface area contributed by atoms with Gasteiger partial charge < -0.3 is 4.98 Å². The minimum absolute atomic E-state index is 0. The van der Waals surface area contributed by atoms with Crippen LogP contribution in [0.5, 0.6) is 0 Å². The van der Waals surface area contributed by atoms with Gasteiger partial charge in [-0.2, -0.15) is 0 Å². The van der Waals surface area contributed by atoms with E-state index in [9.17, 15) is 0 Å². The van der Waals surface area contributed by atoms with Crippen molar-refractivity contribution in [3.63, 3.8) is 0 Å². The topological polar surface area (TPSA) is 35.2 Å². The summed E-state index contributed by atoms with van der Waals surface area (Å²) in [5.74, 6) is 0.959. The zero-order chi connectivity index (χ0) is 29.4. The number of hydrogen-bond acceptors (Lipinski definition) is 3. The van der Waals surface area contributed by atoms with Crippen LogP contribution in [0, 0.1) is 6.92 Å². The van der Waals surface area contributed by atoms with Gasteiger partial charge in [-0.1, -0.05) is 120 Å². The Labute approximate surface area is 284 Å². The third-order valence-corrected chi connectivity index (χ3v) is 8.81. The highest BCUT2D eigenvalue weighted by atomic mass is 35.5. The van der Waals surface area contributed by atoms with Crippen molar-refractivity contribution in [2.24, 2.45) is 0 Å². The maximum absolute atomic E-state index is 5.05. The molecule has 1 unspecified atom stereocenters. The van der Waals surface area contributed by atoms with Gasteiger partial charge in [-0.15, -0.1) is 37.2 Å². The first-order chi connectivity index (χ1) is 19.4. The molecule has 1 aromatic heterocycles. The van der Waals surface area contributed by atoms with Gasteiger partial charge in [0.05, 0.1) is 17.8 Å². The maximum Gasteiger partial charge on any atom is 0.137 e. The predicted molar refractivity (Wildman–Crippen MR) is 194 cm³/mol. The second-order valence-electron chi connectivity index (χ2n) is 13.9. The smallest absolute Gasteiger partial charge is 0.137 e. The molecule has 1 saturated heterocycles. The predicted octanol–water partition coefficient (Wildman–Crippen LogP) is 9.71. The number of piperazine rings is 1. The van der Waals surface area contributed by atoms with Crippen LogP contribution in [0.25, 0.3) is 11.4 Å². The molecule has 4 aromatic rings. The molecule has 1 fully saturated rings. The van der Waals surface area contributed by atoms with Crippen LogP contribution in [-0.4, -0.2) is 45.9 Å². The molecule has 0 aliphatic carbocycles. The number of aromatic amines is 1. The number of aromatic nitrogens is 2. The lowest BCUT2D eigenvalue weighted by atomic mass is 9.84. The van der Waals surface area contributed by atoms with Crippen molar-refractivity contribution < 1.29 is 0 Å². The summed E-state index contributed by atoms with van der Waals surface area (Å²) in [6.45, 7) is 22.3. The van der Waals surface area contributed by atoms with Gasteiger partial charge in [0.25, 0.3) is 0 Å². The molecule has 1 atom stereocenters. The van der Waals surface area contributed by atoms with Gasteiger partial charge in [0.1, 0.15) is 5.82 Å². The van der Waals surface area contributed by atoms with E-state index in [0.717, 1.165) is 49.0 Å². The van der Waals surface area contributed by atoms with Gasteiger partial charge >= 0.3 is 0 Å². The Hall–Kier alpha value is -2.34. The summed E-state index contributed by atoms with van der Waals surface area (Å²) in [7, 11) is 0. The Morgan fingerprint density at radius 1 is 0.636 bits per heavy atom. The molecule has 7 heteroatoms. The van der Waals surface area contributed by atoms with E-state index < -0.39 is 0 Å². The molecular weight excluding hydrogens is 607 g/mol. The number of nitrogens with one attached hydrogen (secondary N) is 1. The minimum atomic E-state index is 0. The molecule has 4 nitrogen and oxygen atoms in total. The fourth-order valence-corrected chi connectivity index (χ4v) is 6.11. The highest BCUT2D eigenvalue weighted by molar-refractivity contribution is 5.86. The average Bonchev–Trinajstić information content (AvgIpc) is 3.35. The van der Waals surface area contributed by atoms with Crippen LogP contribution in [0.4, 0.5) is 0 Å². The molecule has 240 valence electrons. The third kappa shape index (κ3) is 8.47. The van der Waals surface area contributed by atoms with E-state index in [2.05, 4.69) is 143 Å². The molecule has 0 saturated carbocycles. The van der Waals surface area contributed by atoms with Crippen LogP contribution in [-0.2, 0) is 10.8 Å². The SMILES string of the molecule is Cc1[nH]c(-c2ccccc2)nc1C(C)N1CCN(C(c2ccc(C(C)(C)C)cc2)c2ccc(C(C)(C)C)cc2)CC1.Cl.Cl.Cl. The van der Waals surface area contributed by atoms with E-state index in [0.29, 0.717) is 0 Å². The van der Waals surface area contributed by atoms with Crippen molar-refractivity contribution in [1.82, 2.24) is 19.8 Å². The van der Waals surface area contributed by atoms with Crippen molar-refractivity contribution in [3.8, 4) is 11.4 Å². The van der Waals surface area contributed by atoms with Crippen molar-refractivity contribution in [2.75, 3.05) is 26.2 Å². The fraction of sp³-hybridized carbons (Fsp3) is 0.432. The summed E-state index contributed by atoms with van der Waals surface area (Å²) in [6, 6.07) is 29.7. The van der Waals surface area contributed by atoms with Gasteiger partial charge in [-0.3, -0.25) is 9.80 Å². The van der Waals surface area contributed by atoms with Gasteiger partial charge in [-0.25, -0.2) is 4.98 Å². The molecule has 1 aliphatic heterocycles. The summed E-state index contributed by atoms with van der Waals surface area (Å²) in [5, 5.41) is 0. The Bertz CT molecular complexity index is 1370. The summed E-state index contributed by atoms with van der Waals surface area (Å²) in [4.78, 5) is 13.9. The van der Waals surface area contributed by atoms with Crippen molar-refractivity contribution >= 4 is 37.2 Å². The number of imidazole rings is 1. The average molecular weight is 658 g/mol. The number of H-pyrrole nitrogens is 1. The van der Waals surface area contributed by atoms with E-state index in [1.165, 1.54) is 22.3 Å². The maximum atomic E-state index is 5.05. The van der Waals surface area contributed by atoms with Gasteiger partial charge in [0, 0.05) is 37.4 Å². The molecule has 2 heterocycles. The Morgan fingerprint density at radius 2 is 1.07 bits per heavy atom. The molecule has 44 heavy (non-hydrogen) atoms. The summed E-state index contributed by atoms with van der Waals surface area (Å²) < 4.78 is 0. The van der Waals surface area contributed by atoms with Crippen LogP contribution in [0.3, 0.4) is 0 Å². The molecule has 3 aromatic carbocycles. The Balaban J connectivity index is 0.00000225. The van der Waals surface area contributed by atoms with Crippen LogP contribution in [0.15, 0.2) is 78.9 Å².